The minimum atomic E-state index is -0.882. The monoisotopic (exact) mass is 322 g/mol. The van der Waals surface area contributed by atoms with Gasteiger partial charge in [-0.1, -0.05) is 64.2 Å². The van der Waals surface area contributed by atoms with Gasteiger partial charge in [0.15, 0.2) is 0 Å². The Morgan fingerprint density at radius 1 is 0.667 bits per heavy atom. The van der Waals surface area contributed by atoms with E-state index in [1.807, 2.05) is 0 Å². The normalized spacial score (nSPS) is 19.8. The van der Waals surface area contributed by atoms with Crippen LogP contribution in [-0.2, 0) is 9.59 Å². The summed E-state index contributed by atoms with van der Waals surface area (Å²) < 4.78 is 0. The predicted molar refractivity (Wildman–Crippen MR) is 78.2 cm³/mol. The quantitative estimate of drug-likeness (QED) is 0.724. The van der Waals surface area contributed by atoms with Crippen molar-refractivity contribution in [2.75, 3.05) is 0 Å². The average Bonchev–Trinajstić information content (AvgIpc) is 2.40. The summed E-state index contributed by atoms with van der Waals surface area (Å²) in [6.45, 7) is 0. The number of hydrogen-bond donors (Lipinski definition) is 0. The molecule has 0 aromatic rings. The second kappa shape index (κ2) is 12.7. The number of aliphatic carboxylic acids is 2. The fraction of sp³-hybridized carbons (Fsp3) is 0.875. The zero-order valence-corrected chi connectivity index (χ0v) is 15.2. The topological polar surface area (TPSA) is 80.3 Å². The SMILES string of the molecule is O=C([O-])CC1CCCCC1.O=C([O-])CC1CCCCC1.[Ca+2]. The molecule has 5 heteroatoms. The second-order valence-electron chi connectivity index (χ2n) is 6.16. The molecule has 116 valence electrons. The van der Waals surface area contributed by atoms with Gasteiger partial charge in [0.2, 0.25) is 0 Å². The molecular weight excluding hydrogens is 296 g/mol. The molecule has 0 atom stereocenters. The first kappa shape index (κ1) is 21.2. The molecule has 0 N–H and O–H groups in total. The van der Waals surface area contributed by atoms with Crippen molar-refractivity contribution in [1.29, 1.82) is 0 Å². The molecule has 0 amide bonds. The van der Waals surface area contributed by atoms with Crippen LogP contribution < -0.4 is 10.2 Å². The van der Waals surface area contributed by atoms with Crippen LogP contribution in [-0.4, -0.2) is 49.7 Å². The Hall–Kier alpha value is 0.200. The molecular formula is C16H26CaO4. The van der Waals surface area contributed by atoms with Gasteiger partial charge in [0.1, 0.15) is 0 Å². The maximum Gasteiger partial charge on any atom is 2.00 e. The first-order valence-electron chi connectivity index (χ1n) is 7.97. The van der Waals surface area contributed by atoms with E-state index >= 15 is 0 Å². The van der Waals surface area contributed by atoms with E-state index < -0.39 is 11.9 Å². The smallest absolute Gasteiger partial charge is 0.550 e. The van der Waals surface area contributed by atoms with Crippen LogP contribution in [0.25, 0.3) is 0 Å². The number of carbonyl (C=O) groups is 2. The van der Waals surface area contributed by atoms with E-state index in [0.717, 1.165) is 25.7 Å². The van der Waals surface area contributed by atoms with Gasteiger partial charge in [0, 0.05) is 11.9 Å². The van der Waals surface area contributed by atoms with Crippen LogP contribution in [0.3, 0.4) is 0 Å². The Morgan fingerprint density at radius 3 is 1.19 bits per heavy atom. The molecule has 2 rings (SSSR count). The van der Waals surface area contributed by atoms with Gasteiger partial charge < -0.3 is 19.8 Å². The molecule has 2 saturated carbocycles. The third-order valence-electron chi connectivity index (χ3n) is 4.36. The summed E-state index contributed by atoms with van der Waals surface area (Å²) in [5, 5.41) is 20.3. The molecule has 0 bridgehead atoms. The Morgan fingerprint density at radius 2 is 0.952 bits per heavy atom. The van der Waals surface area contributed by atoms with Gasteiger partial charge in [-0.2, -0.15) is 0 Å². The van der Waals surface area contributed by atoms with Gasteiger partial charge in [0.05, 0.1) is 0 Å². The fourth-order valence-electron chi connectivity index (χ4n) is 3.25. The summed E-state index contributed by atoms with van der Waals surface area (Å²) in [6.07, 6.45) is 12.3. The van der Waals surface area contributed by atoms with Gasteiger partial charge in [-0.15, -0.1) is 0 Å². The first-order valence-corrected chi connectivity index (χ1v) is 7.97. The first-order chi connectivity index (χ1) is 9.58. The number of carboxylic acids is 2. The molecule has 0 unspecified atom stereocenters. The number of carboxylic acid groups (broad SMARTS) is 2. The van der Waals surface area contributed by atoms with Gasteiger partial charge in [-0.05, 0) is 24.7 Å². The number of hydrogen-bond acceptors (Lipinski definition) is 4. The minimum Gasteiger partial charge on any atom is -0.550 e. The zero-order chi connectivity index (χ0) is 14.8. The van der Waals surface area contributed by atoms with E-state index in [1.165, 1.54) is 38.5 Å². The summed E-state index contributed by atoms with van der Waals surface area (Å²) in [6, 6.07) is 0. The van der Waals surface area contributed by atoms with Crippen molar-refractivity contribution in [1.82, 2.24) is 0 Å². The van der Waals surface area contributed by atoms with Crippen molar-refractivity contribution >= 4 is 49.7 Å². The maximum atomic E-state index is 10.2. The van der Waals surface area contributed by atoms with E-state index in [1.54, 1.807) is 0 Å². The van der Waals surface area contributed by atoms with Crippen LogP contribution in [0.5, 0.6) is 0 Å². The summed E-state index contributed by atoms with van der Waals surface area (Å²) in [5.41, 5.74) is 0. The van der Waals surface area contributed by atoms with Crippen LogP contribution >= 0.6 is 0 Å². The summed E-state index contributed by atoms with van der Waals surface area (Å²) in [4.78, 5) is 20.3. The van der Waals surface area contributed by atoms with Crippen LogP contribution in [0, 0.1) is 11.8 Å². The van der Waals surface area contributed by atoms with Crippen molar-refractivity contribution in [2.45, 2.75) is 77.0 Å². The van der Waals surface area contributed by atoms with Crippen molar-refractivity contribution in [3.8, 4) is 0 Å². The molecule has 0 spiro atoms. The second-order valence-corrected chi connectivity index (χ2v) is 6.16. The van der Waals surface area contributed by atoms with Crippen molar-refractivity contribution in [3.63, 3.8) is 0 Å². The molecule has 0 saturated heterocycles. The van der Waals surface area contributed by atoms with E-state index in [4.69, 9.17) is 0 Å². The van der Waals surface area contributed by atoms with Crippen LogP contribution in [0.4, 0.5) is 0 Å². The molecule has 2 aliphatic rings. The third kappa shape index (κ3) is 11.4. The Kier molecular flexibility index (Phi) is 12.8. The maximum absolute atomic E-state index is 10.2. The molecule has 0 aromatic carbocycles. The van der Waals surface area contributed by atoms with Gasteiger partial charge in [0.25, 0.3) is 0 Å². The Labute approximate surface area is 157 Å². The summed E-state index contributed by atoms with van der Waals surface area (Å²) >= 11 is 0. The zero-order valence-electron chi connectivity index (χ0n) is 13.0. The van der Waals surface area contributed by atoms with E-state index in [0.29, 0.717) is 11.8 Å². The van der Waals surface area contributed by atoms with E-state index in [9.17, 15) is 19.8 Å². The number of rotatable bonds is 4. The molecule has 2 fully saturated rings. The molecule has 0 aromatic heterocycles. The van der Waals surface area contributed by atoms with Crippen molar-refractivity contribution in [3.05, 3.63) is 0 Å². The van der Waals surface area contributed by atoms with Gasteiger partial charge >= 0.3 is 37.7 Å². The molecule has 0 radical (unpaired) electrons. The van der Waals surface area contributed by atoms with Crippen molar-refractivity contribution < 1.29 is 19.8 Å². The van der Waals surface area contributed by atoms with Gasteiger partial charge in [-0.25, -0.2) is 0 Å². The van der Waals surface area contributed by atoms with Gasteiger partial charge in [-0.3, -0.25) is 0 Å². The molecule has 2 aliphatic carbocycles. The standard InChI is InChI=1S/2C8H14O2.Ca/c2*9-8(10)6-7-4-2-1-3-5-7;/h2*7H,1-6H2,(H,9,10);/q;;+2/p-2. The summed E-state index contributed by atoms with van der Waals surface area (Å²) in [7, 11) is 0. The van der Waals surface area contributed by atoms with Crippen molar-refractivity contribution in [2.24, 2.45) is 11.8 Å². The molecule has 21 heavy (non-hydrogen) atoms. The largest absolute Gasteiger partial charge is 2.00 e. The average molecular weight is 322 g/mol. The fourth-order valence-corrected chi connectivity index (χ4v) is 3.25. The minimum absolute atomic E-state index is 0. The van der Waals surface area contributed by atoms with Crippen LogP contribution in [0.15, 0.2) is 0 Å². The predicted octanol–water partition coefficient (Wildman–Crippen LogP) is 1.03. The Bertz CT molecular complexity index is 265. The molecule has 4 nitrogen and oxygen atoms in total. The van der Waals surface area contributed by atoms with Crippen LogP contribution in [0.2, 0.25) is 0 Å². The summed E-state index contributed by atoms with van der Waals surface area (Å²) in [5.74, 6) is -0.934. The molecule has 0 aliphatic heterocycles. The third-order valence-corrected chi connectivity index (χ3v) is 4.36. The molecule has 0 heterocycles. The number of carbonyl (C=O) groups excluding carboxylic acids is 2. The van der Waals surface area contributed by atoms with Crippen LogP contribution in [0.1, 0.15) is 77.0 Å². The van der Waals surface area contributed by atoms with E-state index in [2.05, 4.69) is 0 Å². The van der Waals surface area contributed by atoms with E-state index in [-0.39, 0.29) is 50.6 Å². The Balaban J connectivity index is 0.000000364.